The van der Waals surface area contributed by atoms with Gasteiger partial charge < -0.3 is 10.6 Å². The van der Waals surface area contributed by atoms with Gasteiger partial charge in [-0.15, -0.1) is 0 Å². The van der Waals surface area contributed by atoms with Gasteiger partial charge in [-0.25, -0.2) is 0 Å². The second kappa shape index (κ2) is 6.36. The Balaban J connectivity index is 3.00. The van der Waals surface area contributed by atoms with Crippen LogP contribution in [0.5, 0.6) is 0 Å². The van der Waals surface area contributed by atoms with Crippen LogP contribution in [0, 0.1) is 6.92 Å². The Labute approximate surface area is 114 Å². The van der Waals surface area contributed by atoms with Gasteiger partial charge in [-0.2, -0.15) is 0 Å². The van der Waals surface area contributed by atoms with Crippen LogP contribution in [0.15, 0.2) is 18.2 Å². The number of nitrogens with one attached hydrogen (secondary N) is 2. The Morgan fingerprint density at radius 2 is 1.21 bits per heavy atom. The molecule has 1 rings (SSSR count). The largest absolute Gasteiger partial charge is 0.350 e. The molecule has 19 heavy (non-hydrogen) atoms. The van der Waals surface area contributed by atoms with Gasteiger partial charge in [0.05, 0.1) is 0 Å². The smallest absolute Gasteiger partial charge is 0.251 e. The van der Waals surface area contributed by atoms with E-state index >= 15 is 0 Å². The molecule has 0 spiro atoms. The molecule has 1 aromatic carbocycles. The Morgan fingerprint density at radius 3 is 1.53 bits per heavy atom. The molecule has 0 bridgehead atoms. The Kier molecular flexibility index (Phi) is 5.10. The molecule has 0 aliphatic rings. The molecule has 4 heteroatoms. The van der Waals surface area contributed by atoms with E-state index in [2.05, 4.69) is 10.6 Å². The number of rotatable bonds is 4. The second-order valence-corrected chi connectivity index (χ2v) is 5.34. The molecular weight excluding hydrogens is 240 g/mol. The van der Waals surface area contributed by atoms with E-state index in [1.54, 1.807) is 18.2 Å². The van der Waals surface area contributed by atoms with Crippen molar-refractivity contribution in [2.24, 2.45) is 0 Å². The number of hydrogen-bond acceptors (Lipinski definition) is 2. The van der Waals surface area contributed by atoms with Crippen LogP contribution in [0.4, 0.5) is 0 Å². The molecule has 0 heterocycles. The Hall–Kier alpha value is -1.84. The topological polar surface area (TPSA) is 58.2 Å². The van der Waals surface area contributed by atoms with Crippen molar-refractivity contribution >= 4 is 11.8 Å². The zero-order valence-corrected chi connectivity index (χ0v) is 12.2. The fourth-order valence-electron chi connectivity index (χ4n) is 1.74. The molecule has 2 N–H and O–H groups in total. The minimum absolute atomic E-state index is 0.0703. The molecule has 0 aliphatic heterocycles. The maximum atomic E-state index is 12.0. The van der Waals surface area contributed by atoms with E-state index in [4.69, 9.17) is 0 Å². The van der Waals surface area contributed by atoms with Gasteiger partial charge >= 0.3 is 0 Å². The lowest BCUT2D eigenvalue weighted by molar-refractivity contribution is 0.0942. The first kappa shape index (κ1) is 15.2. The predicted molar refractivity (Wildman–Crippen MR) is 76.4 cm³/mol. The minimum Gasteiger partial charge on any atom is -0.350 e. The van der Waals surface area contributed by atoms with Gasteiger partial charge in [0.1, 0.15) is 0 Å². The third-order valence-electron chi connectivity index (χ3n) is 2.44. The third kappa shape index (κ3) is 4.73. The van der Waals surface area contributed by atoms with E-state index in [9.17, 15) is 9.59 Å². The van der Waals surface area contributed by atoms with Crippen molar-refractivity contribution < 1.29 is 9.59 Å². The SMILES string of the molecule is Cc1cc(C(=O)NC(C)C)cc(C(=O)NC(C)C)c1. The Morgan fingerprint density at radius 1 is 0.842 bits per heavy atom. The first-order valence-corrected chi connectivity index (χ1v) is 6.53. The van der Waals surface area contributed by atoms with Gasteiger partial charge in [0, 0.05) is 23.2 Å². The van der Waals surface area contributed by atoms with Gasteiger partial charge in [0.25, 0.3) is 11.8 Å². The van der Waals surface area contributed by atoms with Crippen LogP contribution >= 0.6 is 0 Å². The van der Waals surface area contributed by atoms with Crippen LogP contribution in [-0.2, 0) is 0 Å². The maximum Gasteiger partial charge on any atom is 0.251 e. The molecule has 0 unspecified atom stereocenters. The average molecular weight is 262 g/mol. The summed E-state index contributed by atoms with van der Waals surface area (Å²) < 4.78 is 0. The van der Waals surface area contributed by atoms with E-state index in [0.29, 0.717) is 11.1 Å². The fraction of sp³-hybridized carbons (Fsp3) is 0.467. The molecule has 0 aromatic heterocycles. The highest BCUT2D eigenvalue weighted by molar-refractivity contribution is 6.00. The van der Waals surface area contributed by atoms with Crippen LogP contribution < -0.4 is 10.6 Å². The van der Waals surface area contributed by atoms with Crippen molar-refractivity contribution in [1.82, 2.24) is 10.6 Å². The van der Waals surface area contributed by atoms with E-state index in [1.807, 2.05) is 34.6 Å². The number of carbonyl (C=O) groups is 2. The summed E-state index contributed by atoms with van der Waals surface area (Å²) in [6.45, 7) is 9.48. The van der Waals surface area contributed by atoms with Crippen molar-refractivity contribution in [3.8, 4) is 0 Å². The Bertz CT molecular complexity index is 439. The monoisotopic (exact) mass is 262 g/mol. The molecule has 104 valence electrons. The highest BCUT2D eigenvalue weighted by Gasteiger charge is 2.13. The number of carbonyl (C=O) groups excluding carboxylic acids is 2. The number of benzene rings is 1. The van der Waals surface area contributed by atoms with Crippen LogP contribution in [-0.4, -0.2) is 23.9 Å². The molecule has 4 nitrogen and oxygen atoms in total. The van der Waals surface area contributed by atoms with E-state index < -0.39 is 0 Å². The summed E-state index contributed by atoms with van der Waals surface area (Å²) in [6.07, 6.45) is 0. The van der Waals surface area contributed by atoms with Crippen LogP contribution in [0.25, 0.3) is 0 Å². The minimum atomic E-state index is -0.155. The molecule has 0 atom stereocenters. The van der Waals surface area contributed by atoms with Crippen molar-refractivity contribution in [3.63, 3.8) is 0 Å². The summed E-state index contributed by atoms with van der Waals surface area (Å²) in [7, 11) is 0. The predicted octanol–water partition coefficient (Wildman–Crippen LogP) is 2.27. The number of aryl methyl sites for hydroxylation is 1. The van der Waals surface area contributed by atoms with Gasteiger partial charge in [-0.3, -0.25) is 9.59 Å². The van der Waals surface area contributed by atoms with Crippen LogP contribution in [0.1, 0.15) is 54.0 Å². The second-order valence-electron chi connectivity index (χ2n) is 5.34. The van der Waals surface area contributed by atoms with E-state index in [-0.39, 0.29) is 23.9 Å². The molecule has 0 aliphatic carbocycles. The lowest BCUT2D eigenvalue weighted by Gasteiger charge is -2.12. The highest BCUT2D eigenvalue weighted by atomic mass is 16.2. The summed E-state index contributed by atoms with van der Waals surface area (Å²) in [6, 6.07) is 5.33. The average Bonchev–Trinajstić information content (AvgIpc) is 2.26. The first-order chi connectivity index (χ1) is 8.79. The summed E-state index contributed by atoms with van der Waals surface area (Å²) in [5.41, 5.74) is 1.93. The molecule has 0 fully saturated rings. The van der Waals surface area contributed by atoms with Crippen molar-refractivity contribution in [1.29, 1.82) is 0 Å². The van der Waals surface area contributed by atoms with E-state index in [0.717, 1.165) is 5.56 Å². The van der Waals surface area contributed by atoms with E-state index in [1.165, 1.54) is 0 Å². The summed E-state index contributed by atoms with van der Waals surface area (Å²) in [5, 5.41) is 5.65. The standard InChI is InChI=1S/C15H22N2O2/c1-9(2)16-14(18)12-6-11(5)7-13(8-12)15(19)17-10(3)4/h6-10H,1-5H3,(H,16,18)(H,17,19). The zero-order valence-electron chi connectivity index (χ0n) is 12.2. The van der Waals surface area contributed by atoms with Gasteiger partial charge in [-0.1, -0.05) is 0 Å². The number of amides is 2. The molecule has 1 aromatic rings. The van der Waals surface area contributed by atoms with Crippen LogP contribution in [0.2, 0.25) is 0 Å². The van der Waals surface area contributed by atoms with Gasteiger partial charge in [-0.05, 0) is 58.4 Å². The lowest BCUT2D eigenvalue weighted by atomic mass is 10.0. The van der Waals surface area contributed by atoms with Crippen molar-refractivity contribution in [3.05, 3.63) is 34.9 Å². The molecule has 0 saturated carbocycles. The highest BCUT2D eigenvalue weighted by Crippen LogP contribution is 2.10. The normalized spacial score (nSPS) is 10.7. The quantitative estimate of drug-likeness (QED) is 0.874. The first-order valence-electron chi connectivity index (χ1n) is 6.53. The maximum absolute atomic E-state index is 12.0. The summed E-state index contributed by atoms with van der Waals surface area (Å²) in [5.74, 6) is -0.311. The van der Waals surface area contributed by atoms with Gasteiger partial charge in [0.2, 0.25) is 0 Å². The molecular formula is C15H22N2O2. The zero-order chi connectivity index (χ0) is 14.6. The van der Waals surface area contributed by atoms with Crippen molar-refractivity contribution in [2.75, 3.05) is 0 Å². The summed E-state index contributed by atoms with van der Waals surface area (Å²) in [4.78, 5) is 23.9. The molecule has 0 saturated heterocycles. The van der Waals surface area contributed by atoms with Gasteiger partial charge in [0.15, 0.2) is 0 Å². The number of hydrogen-bond donors (Lipinski definition) is 2. The van der Waals surface area contributed by atoms with Crippen LogP contribution in [0.3, 0.4) is 0 Å². The fourth-order valence-corrected chi connectivity index (χ4v) is 1.74. The molecule has 2 amide bonds. The molecule has 0 radical (unpaired) electrons. The summed E-state index contributed by atoms with van der Waals surface area (Å²) >= 11 is 0. The van der Waals surface area contributed by atoms with Crippen molar-refractivity contribution in [2.45, 2.75) is 46.7 Å². The lowest BCUT2D eigenvalue weighted by Crippen LogP contribution is -2.32. The third-order valence-corrected chi connectivity index (χ3v) is 2.44.